The summed E-state index contributed by atoms with van der Waals surface area (Å²) in [5.74, 6) is -1.76. The fraction of sp³-hybridized carbons (Fsp3) is 0.0833. The van der Waals surface area contributed by atoms with Crippen LogP contribution >= 0.6 is 0 Å². The fourth-order valence-corrected chi connectivity index (χ4v) is 2.40. The second-order valence-electron chi connectivity index (χ2n) is 4.45. The van der Waals surface area contributed by atoms with Crippen molar-refractivity contribution in [3.05, 3.63) is 35.9 Å². The number of alkyl halides is 3. The van der Waals surface area contributed by atoms with Crippen LogP contribution in [0.4, 0.5) is 17.6 Å². The van der Waals surface area contributed by atoms with Crippen molar-refractivity contribution in [3.63, 3.8) is 0 Å². The van der Waals surface area contributed by atoms with Gasteiger partial charge in [-0.05, 0) is 6.07 Å². The van der Waals surface area contributed by atoms with E-state index in [1.54, 1.807) is 6.07 Å². The van der Waals surface area contributed by atoms with Crippen LogP contribution in [0.15, 0.2) is 24.5 Å². The highest BCUT2D eigenvalue weighted by Crippen LogP contribution is 2.30. The van der Waals surface area contributed by atoms with Crippen LogP contribution in [0.3, 0.4) is 0 Å². The molecule has 1 aromatic carbocycles. The Morgan fingerprint density at radius 1 is 1.29 bits per heavy atom. The second-order valence-corrected chi connectivity index (χ2v) is 5.99. The number of benzene rings is 1. The highest BCUT2D eigenvalue weighted by molar-refractivity contribution is 7.88. The van der Waals surface area contributed by atoms with E-state index < -0.39 is 27.3 Å². The second kappa shape index (κ2) is 5.03. The first-order valence-electron chi connectivity index (χ1n) is 6.01. The molecule has 24 heavy (non-hydrogen) atoms. The average Bonchev–Trinajstić information content (AvgIpc) is 2.96. The topological polar surface area (TPSA) is 97.3 Å². The molecule has 0 aliphatic heterocycles. The first-order valence-corrected chi connectivity index (χ1v) is 7.42. The van der Waals surface area contributed by atoms with Crippen LogP contribution in [0.5, 0.6) is 5.88 Å². The number of rotatable bonds is 2. The van der Waals surface area contributed by atoms with Gasteiger partial charge in [0.15, 0.2) is 0 Å². The Kier molecular flexibility index (Phi) is 3.34. The Morgan fingerprint density at radius 2 is 2.00 bits per heavy atom. The largest absolute Gasteiger partial charge is 0.534 e. The first-order chi connectivity index (χ1) is 11.1. The van der Waals surface area contributed by atoms with Gasteiger partial charge in [0.2, 0.25) is 5.65 Å². The minimum Gasteiger partial charge on any atom is -0.351 e. The zero-order valence-corrected chi connectivity index (χ0v) is 12.1. The molecule has 3 rings (SSSR count). The van der Waals surface area contributed by atoms with Gasteiger partial charge in [0, 0.05) is 18.5 Å². The molecular weight excluding hydrogens is 356 g/mol. The summed E-state index contributed by atoms with van der Waals surface area (Å²) in [7, 11) is -5.99. The minimum absolute atomic E-state index is 0.0100. The zero-order chi connectivity index (χ0) is 17.7. The van der Waals surface area contributed by atoms with Gasteiger partial charge in [0.05, 0.1) is 11.1 Å². The van der Waals surface area contributed by atoms with E-state index in [1.165, 1.54) is 6.20 Å². The molecule has 12 heteroatoms. The van der Waals surface area contributed by atoms with Crippen molar-refractivity contribution in [1.29, 1.82) is 5.26 Å². The van der Waals surface area contributed by atoms with Gasteiger partial charge in [-0.1, -0.05) is 0 Å². The van der Waals surface area contributed by atoms with Crippen molar-refractivity contribution in [2.75, 3.05) is 0 Å². The van der Waals surface area contributed by atoms with Crippen LogP contribution in [0.2, 0.25) is 0 Å². The van der Waals surface area contributed by atoms with Gasteiger partial charge in [-0.25, -0.2) is 14.4 Å². The van der Waals surface area contributed by atoms with Crippen LogP contribution in [0.25, 0.3) is 16.7 Å². The molecule has 0 bridgehead atoms. The van der Waals surface area contributed by atoms with Crippen LogP contribution in [-0.2, 0) is 10.1 Å². The number of fused-ring (bicyclic) bond motifs is 3. The number of nitrogens with zero attached hydrogens (tertiary/aromatic N) is 4. The zero-order valence-electron chi connectivity index (χ0n) is 11.2. The molecule has 0 unspecified atom stereocenters. The molecule has 2 heterocycles. The van der Waals surface area contributed by atoms with Gasteiger partial charge >= 0.3 is 15.6 Å². The molecule has 0 radical (unpaired) electrons. The molecule has 0 aliphatic carbocycles. The lowest BCUT2D eigenvalue weighted by Crippen LogP contribution is -2.28. The highest BCUT2D eigenvalue weighted by atomic mass is 32.2. The Balaban J connectivity index is 2.35. The van der Waals surface area contributed by atoms with Crippen molar-refractivity contribution in [3.8, 4) is 11.9 Å². The molecular formula is C12H4F4N4O3S. The van der Waals surface area contributed by atoms with Crippen molar-refractivity contribution in [2.45, 2.75) is 5.51 Å². The van der Waals surface area contributed by atoms with E-state index in [0.717, 1.165) is 22.7 Å². The predicted octanol–water partition coefficient (Wildman–Crippen LogP) is 2.12. The lowest BCUT2D eigenvalue weighted by atomic mass is 10.2. The van der Waals surface area contributed by atoms with Gasteiger partial charge in [0.1, 0.15) is 17.4 Å². The third-order valence-electron chi connectivity index (χ3n) is 2.95. The van der Waals surface area contributed by atoms with E-state index in [2.05, 4.69) is 14.2 Å². The van der Waals surface area contributed by atoms with Crippen molar-refractivity contribution < 1.29 is 30.2 Å². The maximum atomic E-state index is 13.6. The number of hydrogen-bond acceptors (Lipinski definition) is 6. The summed E-state index contributed by atoms with van der Waals surface area (Å²) >= 11 is 0. The minimum atomic E-state index is -5.99. The Morgan fingerprint density at radius 3 is 2.62 bits per heavy atom. The quantitative estimate of drug-likeness (QED) is 0.394. The molecule has 0 aliphatic rings. The lowest BCUT2D eigenvalue weighted by Gasteiger charge is -2.11. The average molecular weight is 360 g/mol. The van der Waals surface area contributed by atoms with E-state index in [4.69, 9.17) is 5.26 Å². The summed E-state index contributed by atoms with van der Waals surface area (Å²) in [5, 5.41) is 9.01. The van der Waals surface area contributed by atoms with E-state index in [0.29, 0.717) is 0 Å². The number of halogens is 4. The third kappa shape index (κ3) is 2.38. The van der Waals surface area contributed by atoms with Gasteiger partial charge in [-0.2, -0.15) is 26.9 Å². The molecule has 0 spiro atoms. The maximum absolute atomic E-state index is 13.6. The van der Waals surface area contributed by atoms with Gasteiger partial charge < -0.3 is 4.18 Å². The normalized spacial score (nSPS) is 12.5. The summed E-state index contributed by atoms with van der Waals surface area (Å²) < 4.78 is 78.5. The van der Waals surface area contributed by atoms with E-state index in [-0.39, 0.29) is 22.2 Å². The molecule has 2 aromatic heterocycles. The van der Waals surface area contributed by atoms with Gasteiger partial charge in [-0.3, -0.25) is 4.40 Å². The van der Waals surface area contributed by atoms with E-state index >= 15 is 0 Å². The number of aromatic nitrogens is 3. The Hall–Kier alpha value is -2.94. The monoisotopic (exact) mass is 360 g/mol. The number of imidazole rings is 1. The third-order valence-corrected chi connectivity index (χ3v) is 3.90. The smallest absolute Gasteiger partial charge is 0.351 e. The molecule has 0 saturated heterocycles. The molecule has 124 valence electrons. The van der Waals surface area contributed by atoms with Crippen LogP contribution in [0, 0.1) is 17.1 Å². The van der Waals surface area contributed by atoms with Gasteiger partial charge in [-0.15, -0.1) is 0 Å². The molecule has 0 saturated carbocycles. The summed E-state index contributed by atoms with van der Waals surface area (Å²) in [6, 6.07) is 3.40. The van der Waals surface area contributed by atoms with Crippen molar-refractivity contribution in [2.24, 2.45) is 0 Å². The molecule has 3 aromatic rings. The maximum Gasteiger partial charge on any atom is 0.534 e. The molecule has 0 N–H and O–H groups in total. The molecule has 0 atom stereocenters. The first kappa shape index (κ1) is 15.9. The molecule has 0 amide bonds. The summed E-state index contributed by atoms with van der Waals surface area (Å²) in [4.78, 5) is 7.27. The summed E-state index contributed by atoms with van der Waals surface area (Å²) in [5.41, 5.74) is -6.60. The SMILES string of the molecule is N#Cc1cc(F)cc2c1nc(OS(=O)(=O)C(F)(F)F)c1nccn12. The van der Waals surface area contributed by atoms with Gasteiger partial charge in [0.25, 0.3) is 5.88 Å². The fourth-order valence-electron chi connectivity index (χ4n) is 1.99. The van der Waals surface area contributed by atoms with Crippen molar-refractivity contribution >= 4 is 26.8 Å². The van der Waals surface area contributed by atoms with Crippen LogP contribution in [0.1, 0.15) is 5.56 Å². The Labute approximate surface area is 130 Å². The standard InChI is InChI=1S/C12H4F4N4O3S/c13-7-3-6(5-17)9-8(4-7)20-2-1-18-10(20)11(19-9)23-24(21,22)12(14,15)16/h1-4H. The predicted molar refractivity (Wildman–Crippen MR) is 70.8 cm³/mol. The highest BCUT2D eigenvalue weighted by Gasteiger charge is 2.49. The van der Waals surface area contributed by atoms with Crippen LogP contribution in [-0.4, -0.2) is 28.3 Å². The number of hydrogen-bond donors (Lipinski definition) is 0. The molecule has 7 nitrogen and oxygen atoms in total. The van der Waals surface area contributed by atoms with E-state index in [1.807, 2.05) is 0 Å². The summed E-state index contributed by atoms with van der Waals surface area (Å²) in [6.45, 7) is 0. The van der Waals surface area contributed by atoms with Crippen LogP contribution < -0.4 is 4.18 Å². The summed E-state index contributed by atoms with van der Waals surface area (Å²) in [6.07, 6.45) is 2.35. The Bertz CT molecular complexity index is 1120. The molecule has 0 fully saturated rings. The van der Waals surface area contributed by atoms with Crippen molar-refractivity contribution in [1.82, 2.24) is 14.4 Å². The number of nitriles is 1. The van der Waals surface area contributed by atoms with E-state index in [9.17, 15) is 26.0 Å². The lowest BCUT2D eigenvalue weighted by molar-refractivity contribution is -0.0500.